The van der Waals surface area contributed by atoms with Crippen LogP contribution in [0.1, 0.15) is 19.8 Å². The van der Waals surface area contributed by atoms with Gasteiger partial charge in [-0.25, -0.2) is 9.13 Å². The molecule has 18 heavy (non-hydrogen) atoms. The van der Waals surface area contributed by atoms with Crippen LogP contribution in [0.25, 0.3) is 0 Å². The Hall–Kier alpha value is 0.140. The number of rotatable bonds is 7. The van der Waals surface area contributed by atoms with E-state index in [1.54, 1.807) is 6.92 Å². The summed E-state index contributed by atoms with van der Waals surface area (Å²) in [4.78, 5) is 32.4. The average molecular weight is 310 g/mol. The van der Waals surface area contributed by atoms with Gasteiger partial charge in [0.1, 0.15) is 6.23 Å². The molecule has 0 bridgehead atoms. The Balaban J connectivity index is 0. The second-order valence-corrected chi connectivity index (χ2v) is 5.47. The van der Waals surface area contributed by atoms with Crippen molar-refractivity contribution in [2.45, 2.75) is 26.0 Å². The van der Waals surface area contributed by atoms with E-state index in [-0.39, 0.29) is 19.6 Å². The van der Waals surface area contributed by atoms with Crippen LogP contribution in [0.2, 0.25) is 0 Å². The molecule has 1 unspecified atom stereocenters. The Labute approximate surface area is 105 Å². The van der Waals surface area contributed by atoms with Crippen molar-refractivity contribution >= 4 is 15.6 Å². The Kier molecular flexibility index (Phi) is 11.4. The third-order valence-corrected chi connectivity index (χ3v) is 2.25. The van der Waals surface area contributed by atoms with Crippen LogP contribution in [0.4, 0.5) is 0 Å². The summed E-state index contributed by atoms with van der Waals surface area (Å²) >= 11 is 0. The smallest absolute Gasteiger partial charge is 0.330 e. The highest BCUT2D eigenvalue weighted by Crippen LogP contribution is 2.37. The highest BCUT2D eigenvalue weighted by Gasteiger charge is 2.18. The lowest BCUT2D eigenvalue weighted by Crippen LogP contribution is -2.25. The van der Waals surface area contributed by atoms with Crippen molar-refractivity contribution in [1.82, 2.24) is 0 Å². The van der Waals surface area contributed by atoms with Gasteiger partial charge in [0.2, 0.25) is 0 Å². The zero-order valence-corrected chi connectivity index (χ0v) is 11.7. The van der Waals surface area contributed by atoms with E-state index in [1.165, 1.54) is 0 Å². The molecule has 0 saturated heterocycles. The van der Waals surface area contributed by atoms with Gasteiger partial charge >= 0.3 is 15.6 Å². The second-order valence-electron chi connectivity index (χ2n) is 3.04. The van der Waals surface area contributed by atoms with Crippen LogP contribution in [0.5, 0.6) is 0 Å². The van der Waals surface area contributed by atoms with Crippen LogP contribution in [0, 0.1) is 0 Å². The van der Waals surface area contributed by atoms with Gasteiger partial charge in [-0.05, 0) is 19.4 Å². The maximum Gasteiger partial charge on any atom is 0.471 e. The van der Waals surface area contributed by atoms with Crippen molar-refractivity contribution in [2.24, 2.45) is 11.5 Å². The van der Waals surface area contributed by atoms with Gasteiger partial charge in [-0.1, -0.05) is 6.92 Å². The molecule has 0 spiro atoms. The molecule has 0 rings (SSSR count). The van der Waals surface area contributed by atoms with Gasteiger partial charge in [0.05, 0.1) is 6.61 Å². The molecule has 1 atom stereocenters. The molecule has 12 heteroatoms. The summed E-state index contributed by atoms with van der Waals surface area (Å²) in [6, 6.07) is 0. The standard InChI is InChI=1S/C3H11N2O4P.C3H9O4P/c4-2-1-3(5)9-10(6,7)8;1-2-3-7-8(4,5)6/h3H,1-2,4-5H2,(H2,6,7,8);2-3H2,1H3,(H2,4,5,6). The van der Waals surface area contributed by atoms with Crippen LogP contribution in [-0.2, 0) is 18.2 Å². The van der Waals surface area contributed by atoms with Crippen molar-refractivity contribution in [3.8, 4) is 0 Å². The first kappa shape index (κ1) is 20.5. The molecule has 0 aliphatic carbocycles. The van der Waals surface area contributed by atoms with Gasteiger partial charge in [-0.15, -0.1) is 0 Å². The fraction of sp³-hybridized carbons (Fsp3) is 1.00. The Morgan fingerprint density at radius 2 is 1.67 bits per heavy atom. The monoisotopic (exact) mass is 310 g/mol. The summed E-state index contributed by atoms with van der Waals surface area (Å²) < 4.78 is 28.0. The van der Waals surface area contributed by atoms with E-state index in [0.29, 0.717) is 6.42 Å². The zero-order chi connectivity index (χ0) is 14.8. The second kappa shape index (κ2) is 9.99. The topological polar surface area (TPSA) is 186 Å². The lowest BCUT2D eigenvalue weighted by Gasteiger charge is -2.11. The van der Waals surface area contributed by atoms with Crippen molar-refractivity contribution in [1.29, 1.82) is 0 Å². The largest absolute Gasteiger partial charge is 0.471 e. The third-order valence-electron chi connectivity index (χ3n) is 1.19. The summed E-state index contributed by atoms with van der Waals surface area (Å²) in [5, 5.41) is 0. The van der Waals surface area contributed by atoms with Crippen LogP contribution < -0.4 is 11.5 Å². The first-order chi connectivity index (χ1) is 8.02. The van der Waals surface area contributed by atoms with E-state index in [1.807, 2.05) is 0 Å². The molecule has 0 saturated carbocycles. The fourth-order valence-electron chi connectivity index (χ4n) is 0.604. The number of hydrogen-bond acceptors (Lipinski definition) is 6. The van der Waals surface area contributed by atoms with Gasteiger partial charge in [0.15, 0.2) is 0 Å². The highest BCUT2D eigenvalue weighted by molar-refractivity contribution is 7.46. The first-order valence-corrected chi connectivity index (χ1v) is 7.97. The summed E-state index contributed by atoms with van der Waals surface area (Å²) in [5.41, 5.74) is 10.1. The quantitative estimate of drug-likeness (QED) is 0.257. The zero-order valence-electron chi connectivity index (χ0n) is 9.88. The summed E-state index contributed by atoms with van der Waals surface area (Å²) in [6.45, 7) is 2.13. The SMILES string of the molecule is CCCOP(=O)(O)O.NCCC(N)OP(=O)(O)O. The van der Waals surface area contributed by atoms with Crippen molar-refractivity contribution in [2.75, 3.05) is 13.2 Å². The Morgan fingerprint density at radius 3 is 1.89 bits per heavy atom. The normalized spacial score (nSPS) is 13.7. The molecule has 0 fully saturated rings. The van der Waals surface area contributed by atoms with E-state index in [4.69, 9.17) is 31.0 Å². The van der Waals surface area contributed by atoms with Crippen LogP contribution in [0.3, 0.4) is 0 Å². The van der Waals surface area contributed by atoms with E-state index < -0.39 is 21.9 Å². The minimum Gasteiger partial charge on any atom is -0.330 e. The van der Waals surface area contributed by atoms with E-state index >= 15 is 0 Å². The highest BCUT2D eigenvalue weighted by atomic mass is 31.2. The van der Waals surface area contributed by atoms with Gasteiger partial charge in [-0.3, -0.25) is 9.05 Å². The summed E-state index contributed by atoms with van der Waals surface area (Å²) in [6.07, 6.45) is -0.137. The van der Waals surface area contributed by atoms with E-state index in [9.17, 15) is 9.13 Å². The predicted molar refractivity (Wildman–Crippen MR) is 63.1 cm³/mol. The number of phosphoric acid groups is 2. The average Bonchev–Trinajstić information content (AvgIpc) is 2.12. The number of nitrogens with two attached hydrogens (primary N) is 2. The molecular formula is C6H20N2O8P2. The van der Waals surface area contributed by atoms with Crippen LogP contribution in [-0.4, -0.2) is 39.0 Å². The fourth-order valence-corrected chi connectivity index (χ4v) is 1.48. The lowest BCUT2D eigenvalue weighted by atomic mass is 10.4. The van der Waals surface area contributed by atoms with Crippen molar-refractivity contribution in [3.05, 3.63) is 0 Å². The lowest BCUT2D eigenvalue weighted by molar-refractivity contribution is 0.132. The molecule has 0 aromatic heterocycles. The van der Waals surface area contributed by atoms with Crippen LogP contribution in [0.15, 0.2) is 0 Å². The van der Waals surface area contributed by atoms with E-state index in [2.05, 4.69) is 9.05 Å². The Bertz CT molecular complexity index is 289. The third kappa shape index (κ3) is 21.4. The molecule has 0 aromatic rings. The first-order valence-electron chi connectivity index (χ1n) is 4.91. The molecule has 8 N–H and O–H groups in total. The minimum absolute atomic E-state index is 0.115. The van der Waals surface area contributed by atoms with Gasteiger partial charge in [0, 0.05) is 0 Å². The molecule has 0 aromatic carbocycles. The molecular weight excluding hydrogens is 290 g/mol. The van der Waals surface area contributed by atoms with E-state index in [0.717, 1.165) is 0 Å². The molecule has 0 amide bonds. The summed E-state index contributed by atoms with van der Waals surface area (Å²) in [7, 11) is -8.61. The maximum absolute atomic E-state index is 10.1. The molecule has 0 aliphatic heterocycles. The molecule has 10 nitrogen and oxygen atoms in total. The molecule has 0 radical (unpaired) electrons. The number of hydrogen-bond donors (Lipinski definition) is 6. The van der Waals surface area contributed by atoms with Crippen LogP contribution >= 0.6 is 15.6 Å². The van der Waals surface area contributed by atoms with Gasteiger partial charge in [0.25, 0.3) is 0 Å². The Morgan fingerprint density at radius 1 is 1.17 bits per heavy atom. The number of phosphoric ester groups is 2. The van der Waals surface area contributed by atoms with Crippen molar-refractivity contribution in [3.63, 3.8) is 0 Å². The molecule has 112 valence electrons. The van der Waals surface area contributed by atoms with Crippen molar-refractivity contribution < 1.29 is 37.8 Å². The van der Waals surface area contributed by atoms with Gasteiger partial charge < -0.3 is 31.0 Å². The molecule has 0 aliphatic rings. The summed E-state index contributed by atoms with van der Waals surface area (Å²) in [5.74, 6) is 0. The predicted octanol–water partition coefficient (Wildman–Crippen LogP) is -0.765. The van der Waals surface area contributed by atoms with Gasteiger partial charge in [-0.2, -0.15) is 0 Å². The molecule has 0 heterocycles. The maximum atomic E-state index is 10.1. The minimum atomic E-state index is -4.43.